The molecule has 3 saturated heterocycles. The van der Waals surface area contributed by atoms with Crippen LogP contribution in [0.3, 0.4) is 0 Å². The van der Waals surface area contributed by atoms with Crippen LogP contribution in [0.5, 0.6) is 0 Å². The second-order valence-corrected chi connectivity index (χ2v) is 14.0. The van der Waals surface area contributed by atoms with Crippen LogP contribution in [0.2, 0.25) is 0 Å². The normalized spacial score (nSPS) is 27.2. The van der Waals surface area contributed by atoms with Gasteiger partial charge in [0.1, 0.15) is 6.04 Å². The minimum atomic E-state index is -0.688. The van der Waals surface area contributed by atoms with Gasteiger partial charge in [0.2, 0.25) is 17.7 Å². The molecule has 0 saturated carbocycles. The Bertz CT molecular complexity index is 1340. The van der Waals surface area contributed by atoms with Crippen molar-refractivity contribution < 1.29 is 19.5 Å². The summed E-state index contributed by atoms with van der Waals surface area (Å²) in [5, 5.41) is 9.35. The molecule has 2 aromatic carbocycles. The summed E-state index contributed by atoms with van der Waals surface area (Å²) in [5.41, 5.74) is 1.79. The summed E-state index contributed by atoms with van der Waals surface area (Å²) in [6.07, 6.45) is 7.01. The molecule has 2 bridgehead atoms. The second kappa shape index (κ2) is 13.1. The number of rotatable bonds is 14. The van der Waals surface area contributed by atoms with Gasteiger partial charge in [0.15, 0.2) is 0 Å². The van der Waals surface area contributed by atoms with Crippen LogP contribution in [-0.2, 0) is 20.9 Å². The van der Waals surface area contributed by atoms with E-state index in [-0.39, 0.29) is 24.3 Å². The van der Waals surface area contributed by atoms with E-state index in [1.807, 2.05) is 60.7 Å². The molecule has 228 valence electrons. The Kier molecular flexibility index (Phi) is 9.47. The van der Waals surface area contributed by atoms with Crippen molar-refractivity contribution in [2.75, 3.05) is 31.1 Å². The molecule has 3 heterocycles. The van der Waals surface area contributed by atoms with Gasteiger partial charge in [-0.25, -0.2) is 0 Å². The highest BCUT2D eigenvalue weighted by molar-refractivity contribution is 8.02. The van der Waals surface area contributed by atoms with Crippen molar-refractivity contribution in [1.82, 2.24) is 9.80 Å². The Labute approximate surface area is 259 Å². The number of aliphatic hydroxyl groups is 1. The number of para-hydroxylation sites is 1. The van der Waals surface area contributed by atoms with Crippen molar-refractivity contribution in [1.29, 1.82) is 0 Å². The van der Waals surface area contributed by atoms with E-state index in [4.69, 9.17) is 0 Å². The fourth-order valence-corrected chi connectivity index (χ4v) is 9.83. The average molecular weight is 602 g/mol. The predicted octanol–water partition coefficient (Wildman–Crippen LogP) is 5.06. The van der Waals surface area contributed by atoms with Gasteiger partial charge in [-0.1, -0.05) is 60.7 Å². The second-order valence-electron chi connectivity index (χ2n) is 12.1. The summed E-state index contributed by atoms with van der Waals surface area (Å²) in [5.74, 6) is -1.41. The van der Waals surface area contributed by atoms with Gasteiger partial charge in [0.25, 0.3) is 0 Å². The standard InChI is InChI=1S/C35H43N3O4S/c1-4-21-36(25-26-15-9-6-10-16-26)33(42)30-35-20-19-34(3,43-35)28(29(35)32(41)38(30)23-13-8-14-24-39)31(40)37(22-5-2)27-17-11-7-12-18-27/h4-7,9-12,15-18,28-30,39H,1-2,8,13-14,19-25H2,3H3/t28-,29+,30?,34+,35?/m1/s1. The van der Waals surface area contributed by atoms with Crippen LogP contribution in [-0.4, -0.2) is 74.4 Å². The minimum absolute atomic E-state index is 0.0819. The molecular weight excluding hydrogens is 558 g/mol. The van der Waals surface area contributed by atoms with E-state index >= 15 is 0 Å². The summed E-state index contributed by atoms with van der Waals surface area (Å²) in [4.78, 5) is 49.1. The van der Waals surface area contributed by atoms with E-state index in [0.717, 1.165) is 24.1 Å². The number of benzene rings is 2. The van der Waals surface area contributed by atoms with Crippen molar-refractivity contribution in [3.8, 4) is 0 Å². The van der Waals surface area contributed by atoms with Crippen molar-refractivity contribution in [2.45, 2.75) is 61.1 Å². The van der Waals surface area contributed by atoms with Gasteiger partial charge in [-0.2, -0.15) is 0 Å². The van der Waals surface area contributed by atoms with Crippen LogP contribution in [0.1, 0.15) is 44.6 Å². The number of aliphatic hydroxyl groups excluding tert-OH is 1. The maximum atomic E-state index is 14.7. The number of hydrogen-bond acceptors (Lipinski definition) is 5. The van der Waals surface area contributed by atoms with E-state index in [2.05, 4.69) is 20.1 Å². The summed E-state index contributed by atoms with van der Waals surface area (Å²) >= 11 is 1.70. The SMILES string of the molecule is C=CCN(Cc1ccccc1)C(=O)C1N(CCCCCO)C(=O)[C@@H]2[C@H](C(=O)N(CC=C)c3ccccc3)[C@]3(C)CCC12S3. The first-order valence-corrected chi connectivity index (χ1v) is 16.2. The Morgan fingerprint density at radius 1 is 0.977 bits per heavy atom. The van der Waals surface area contributed by atoms with Crippen LogP contribution >= 0.6 is 11.8 Å². The number of fused-ring (bicyclic) bond motifs is 1. The largest absolute Gasteiger partial charge is 0.396 e. The summed E-state index contributed by atoms with van der Waals surface area (Å²) in [6, 6.07) is 18.7. The summed E-state index contributed by atoms with van der Waals surface area (Å²) < 4.78 is -1.15. The molecule has 3 aliphatic rings. The molecule has 8 heteroatoms. The first kappa shape index (κ1) is 31.1. The van der Waals surface area contributed by atoms with Crippen LogP contribution < -0.4 is 4.90 Å². The average Bonchev–Trinajstić information content (AvgIpc) is 3.58. The molecule has 3 aliphatic heterocycles. The zero-order chi connectivity index (χ0) is 30.6. The third-order valence-corrected chi connectivity index (χ3v) is 11.3. The van der Waals surface area contributed by atoms with Crippen molar-refractivity contribution >= 4 is 35.2 Å². The number of carbonyl (C=O) groups is 3. The zero-order valence-electron chi connectivity index (χ0n) is 25.1. The molecule has 5 atom stereocenters. The molecule has 5 rings (SSSR count). The molecule has 3 amide bonds. The molecular formula is C35H43N3O4S. The molecule has 3 fully saturated rings. The number of carbonyl (C=O) groups excluding carboxylic acids is 3. The third kappa shape index (κ3) is 5.67. The van der Waals surface area contributed by atoms with E-state index in [0.29, 0.717) is 45.4 Å². The highest BCUT2D eigenvalue weighted by Crippen LogP contribution is 2.71. The first-order valence-electron chi connectivity index (χ1n) is 15.3. The Balaban J connectivity index is 1.53. The van der Waals surface area contributed by atoms with Gasteiger partial charge < -0.3 is 19.8 Å². The van der Waals surface area contributed by atoms with Crippen molar-refractivity contribution in [3.63, 3.8) is 0 Å². The fourth-order valence-electron chi connectivity index (χ4n) is 7.48. The molecule has 7 nitrogen and oxygen atoms in total. The predicted molar refractivity (Wildman–Crippen MR) is 172 cm³/mol. The van der Waals surface area contributed by atoms with E-state index < -0.39 is 27.4 Å². The maximum Gasteiger partial charge on any atom is 0.247 e. The summed E-state index contributed by atoms with van der Waals surface area (Å²) in [7, 11) is 0. The smallest absolute Gasteiger partial charge is 0.247 e. The highest BCUT2D eigenvalue weighted by atomic mass is 32.2. The lowest BCUT2D eigenvalue weighted by molar-refractivity contribution is -0.143. The number of hydrogen-bond donors (Lipinski definition) is 1. The molecule has 1 spiro atoms. The van der Waals surface area contributed by atoms with Gasteiger partial charge in [-0.3, -0.25) is 14.4 Å². The quantitative estimate of drug-likeness (QED) is 0.242. The van der Waals surface area contributed by atoms with Crippen LogP contribution in [0.15, 0.2) is 86.0 Å². The van der Waals surface area contributed by atoms with Gasteiger partial charge in [-0.15, -0.1) is 24.9 Å². The molecule has 0 aromatic heterocycles. The van der Waals surface area contributed by atoms with Crippen molar-refractivity contribution in [2.24, 2.45) is 11.8 Å². The molecule has 2 aromatic rings. The zero-order valence-corrected chi connectivity index (χ0v) is 25.9. The van der Waals surface area contributed by atoms with E-state index in [1.165, 1.54) is 0 Å². The number of nitrogens with zero attached hydrogens (tertiary/aromatic N) is 3. The lowest BCUT2D eigenvalue weighted by Crippen LogP contribution is -2.55. The lowest BCUT2D eigenvalue weighted by atomic mass is 9.66. The Morgan fingerprint density at radius 3 is 2.30 bits per heavy atom. The maximum absolute atomic E-state index is 14.7. The number of anilines is 1. The number of amides is 3. The monoisotopic (exact) mass is 601 g/mol. The van der Waals surface area contributed by atoms with Crippen molar-refractivity contribution in [3.05, 3.63) is 91.5 Å². The van der Waals surface area contributed by atoms with E-state index in [9.17, 15) is 19.5 Å². The number of thioether (sulfide) groups is 1. The van der Waals surface area contributed by atoms with Crippen LogP contribution in [0, 0.1) is 11.8 Å². The fraction of sp³-hybridized carbons (Fsp3) is 0.457. The van der Waals surface area contributed by atoms with Gasteiger partial charge in [0.05, 0.1) is 16.6 Å². The molecule has 0 aliphatic carbocycles. The first-order chi connectivity index (χ1) is 20.8. The highest BCUT2D eigenvalue weighted by Gasteiger charge is 2.77. The van der Waals surface area contributed by atoms with Gasteiger partial charge in [-0.05, 0) is 56.7 Å². The van der Waals surface area contributed by atoms with E-state index in [1.54, 1.807) is 38.6 Å². The Morgan fingerprint density at radius 2 is 1.65 bits per heavy atom. The topological polar surface area (TPSA) is 81.2 Å². The third-order valence-electron chi connectivity index (χ3n) is 9.36. The number of likely N-dealkylation sites (tertiary alicyclic amines) is 1. The molecule has 0 radical (unpaired) electrons. The number of unbranched alkanes of at least 4 members (excludes halogenated alkanes) is 2. The minimum Gasteiger partial charge on any atom is -0.396 e. The lowest BCUT2D eigenvalue weighted by Gasteiger charge is -2.38. The molecule has 43 heavy (non-hydrogen) atoms. The van der Waals surface area contributed by atoms with Crippen LogP contribution in [0.25, 0.3) is 0 Å². The van der Waals surface area contributed by atoms with Gasteiger partial charge >= 0.3 is 0 Å². The van der Waals surface area contributed by atoms with Gasteiger partial charge in [0, 0.05) is 43.2 Å². The molecule has 2 unspecified atom stereocenters. The summed E-state index contributed by atoms with van der Waals surface area (Å²) in [6.45, 7) is 11.6. The molecule has 1 N–H and O–H groups in total. The Hall–Kier alpha value is -3.36. The van der Waals surface area contributed by atoms with Crippen LogP contribution in [0.4, 0.5) is 5.69 Å².